The molecule has 0 saturated heterocycles. The van der Waals surface area contributed by atoms with Gasteiger partial charge in [-0.05, 0) is 24.6 Å². The van der Waals surface area contributed by atoms with Crippen LogP contribution in [0.15, 0.2) is 24.3 Å². The van der Waals surface area contributed by atoms with Crippen LogP contribution in [0.5, 0.6) is 5.75 Å². The lowest BCUT2D eigenvalue weighted by Crippen LogP contribution is -2.42. The van der Waals surface area contributed by atoms with E-state index in [9.17, 15) is 18.0 Å². The van der Waals surface area contributed by atoms with Crippen LogP contribution in [0.2, 0.25) is 0 Å². The number of halogens is 3. The highest BCUT2D eigenvalue weighted by Crippen LogP contribution is 2.33. The monoisotopic (exact) mass is 291 g/mol. The van der Waals surface area contributed by atoms with E-state index in [0.29, 0.717) is 5.75 Å². The summed E-state index contributed by atoms with van der Waals surface area (Å²) in [7, 11) is 2.67. The second-order valence-electron chi connectivity index (χ2n) is 4.13. The molecule has 0 aliphatic carbocycles. The number of carbonyl (C=O) groups is 1. The first-order valence-electron chi connectivity index (χ1n) is 5.83. The van der Waals surface area contributed by atoms with Gasteiger partial charge in [0.05, 0.1) is 7.11 Å². The molecule has 2 atom stereocenters. The van der Waals surface area contributed by atoms with Crippen LogP contribution in [-0.2, 0) is 9.53 Å². The SMILES string of the molecule is COc1ccc([C@@H](NC(=O)[C@@H](C)OC)C(F)(F)F)cc1. The average Bonchev–Trinajstić information content (AvgIpc) is 2.42. The molecule has 0 bridgehead atoms. The second kappa shape index (κ2) is 6.60. The number of carbonyl (C=O) groups excluding carboxylic acids is 1. The lowest BCUT2D eigenvalue weighted by atomic mass is 10.1. The summed E-state index contributed by atoms with van der Waals surface area (Å²) >= 11 is 0. The smallest absolute Gasteiger partial charge is 0.412 e. The number of methoxy groups -OCH3 is 2. The Bertz CT molecular complexity index is 445. The van der Waals surface area contributed by atoms with Gasteiger partial charge in [-0.25, -0.2) is 0 Å². The number of amides is 1. The van der Waals surface area contributed by atoms with E-state index in [1.807, 2.05) is 5.32 Å². The van der Waals surface area contributed by atoms with Crippen molar-refractivity contribution in [3.8, 4) is 5.75 Å². The fraction of sp³-hybridized carbons (Fsp3) is 0.462. The zero-order valence-electron chi connectivity index (χ0n) is 11.3. The molecule has 1 aromatic carbocycles. The van der Waals surface area contributed by atoms with E-state index < -0.39 is 24.2 Å². The molecule has 1 amide bonds. The lowest BCUT2D eigenvalue weighted by molar-refractivity contribution is -0.166. The molecule has 0 aliphatic heterocycles. The van der Waals surface area contributed by atoms with Crippen molar-refractivity contribution in [2.75, 3.05) is 14.2 Å². The van der Waals surface area contributed by atoms with Crippen LogP contribution in [0.4, 0.5) is 13.2 Å². The van der Waals surface area contributed by atoms with Crippen molar-refractivity contribution in [1.29, 1.82) is 0 Å². The van der Waals surface area contributed by atoms with Crippen LogP contribution in [0.25, 0.3) is 0 Å². The van der Waals surface area contributed by atoms with E-state index in [1.54, 1.807) is 0 Å². The topological polar surface area (TPSA) is 47.6 Å². The van der Waals surface area contributed by atoms with Crippen molar-refractivity contribution < 1.29 is 27.4 Å². The van der Waals surface area contributed by atoms with Crippen LogP contribution in [0, 0.1) is 0 Å². The maximum Gasteiger partial charge on any atom is 0.412 e. The minimum atomic E-state index is -4.60. The number of hydrogen-bond donors (Lipinski definition) is 1. The summed E-state index contributed by atoms with van der Waals surface area (Å²) < 4.78 is 48.7. The molecular formula is C13H16F3NO3. The molecule has 112 valence electrons. The largest absolute Gasteiger partial charge is 0.497 e. The van der Waals surface area contributed by atoms with E-state index in [2.05, 4.69) is 0 Å². The van der Waals surface area contributed by atoms with Crippen LogP contribution in [0.1, 0.15) is 18.5 Å². The highest BCUT2D eigenvalue weighted by atomic mass is 19.4. The minimum absolute atomic E-state index is 0.0741. The average molecular weight is 291 g/mol. The van der Waals surface area contributed by atoms with Gasteiger partial charge >= 0.3 is 6.18 Å². The van der Waals surface area contributed by atoms with Crippen molar-refractivity contribution in [3.63, 3.8) is 0 Å². The molecule has 0 heterocycles. The third-order valence-corrected chi connectivity index (χ3v) is 2.79. The van der Waals surface area contributed by atoms with Crippen molar-refractivity contribution in [3.05, 3.63) is 29.8 Å². The molecule has 4 nitrogen and oxygen atoms in total. The zero-order valence-corrected chi connectivity index (χ0v) is 11.3. The molecule has 1 rings (SSSR count). The lowest BCUT2D eigenvalue weighted by Gasteiger charge is -2.23. The summed E-state index contributed by atoms with van der Waals surface area (Å²) in [6.45, 7) is 1.37. The number of ether oxygens (including phenoxy) is 2. The maximum atomic E-state index is 13.0. The first-order valence-corrected chi connectivity index (χ1v) is 5.83. The highest BCUT2D eigenvalue weighted by molar-refractivity contribution is 5.80. The predicted molar refractivity (Wildman–Crippen MR) is 66.4 cm³/mol. The van der Waals surface area contributed by atoms with Gasteiger partial charge in [0.15, 0.2) is 6.04 Å². The Morgan fingerprint density at radius 1 is 1.20 bits per heavy atom. The summed E-state index contributed by atoms with van der Waals surface area (Å²) in [5.74, 6) is -0.392. The number of alkyl halides is 3. The first-order chi connectivity index (χ1) is 9.29. The molecule has 0 fully saturated rings. The van der Waals surface area contributed by atoms with E-state index in [1.165, 1.54) is 45.4 Å². The van der Waals surface area contributed by atoms with Gasteiger partial charge in [-0.15, -0.1) is 0 Å². The molecule has 0 spiro atoms. The molecule has 1 aromatic rings. The number of benzene rings is 1. The third kappa shape index (κ3) is 4.12. The second-order valence-corrected chi connectivity index (χ2v) is 4.13. The summed E-state index contributed by atoms with van der Waals surface area (Å²) in [5.41, 5.74) is -0.0741. The quantitative estimate of drug-likeness (QED) is 0.906. The Morgan fingerprint density at radius 3 is 2.15 bits per heavy atom. The summed E-state index contributed by atoms with van der Waals surface area (Å²) in [6.07, 6.45) is -5.56. The Hall–Kier alpha value is -1.76. The molecular weight excluding hydrogens is 275 g/mol. The number of rotatable bonds is 5. The van der Waals surface area contributed by atoms with E-state index in [4.69, 9.17) is 9.47 Å². The van der Waals surface area contributed by atoms with Gasteiger partial charge in [0.2, 0.25) is 5.91 Å². The van der Waals surface area contributed by atoms with Gasteiger partial charge in [0.1, 0.15) is 11.9 Å². The predicted octanol–water partition coefficient (Wildman–Crippen LogP) is 2.45. The van der Waals surface area contributed by atoms with Crippen molar-refractivity contribution in [2.45, 2.75) is 25.2 Å². The molecule has 0 aromatic heterocycles. The van der Waals surface area contributed by atoms with Crippen LogP contribution in [-0.4, -0.2) is 32.4 Å². The molecule has 1 N–H and O–H groups in total. The molecule has 20 heavy (non-hydrogen) atoms. The standard InChI is InChI=1S/C13H16F3NO3/c1-8(19-2)12(18)17-11(13(14,15)16)9-4-6-10(20-3)7-5-9/h4-8,11H,1-3H3,(H,17,18)/t8-,11-/m1/s1. The molecule has 0 saturated carbocycles. The maximum absolute atomic E-state index is 13.0. The Morgan fingerprint density at radius 2 is 1.75 bits per heavy atom. The Balaban J connectivity index is 2.97. The van der Waals surface area contributed by atoms with Gasteiger partial charge in [-0.3, -0.25) is 4.79 Å². The van der Waals surface area contributed by atoms with Crippen molar-refractivity contribution >= 4 is 5.91 Å². The fourth-order valence-electron chi connectivity index (χ4n) is 1.52. The van der Waals surface area contributed by atoms with Gasteiger partial charge in [-0.1, -0.05) is 12.1 Å². The first kappa shape index (κ1) is 16.3. The molecule has 0 radical (unpaired) electrons. The zero-order chi connectivity index (χ0) is 15.3. The Kier molecular flexibility index (Phi) is 5.38. The fourth-order valence-corrected chi connectivity index (χ4v) is 1.52. The highest BCUT2D eigenvalue weighted by Gasteiger charge is 2.42. The van der Waals surface area contributed by atoms with E-state index >= 15 is 0 Å². The number of hydrogen-bond acceptors (Lipinski definition) is 3. The minimum Gasteiger partial charge on any atom is -0.497 e. The number of nitrogens with one attached hydrogen (secondary N) is 1. The molecule has 7 heteroatoms. The van der Waals surface area contributed by atoms with Gasteiger partial charge in [0, 0.05) is 7.11 Å². The molecule has 0 unspecified atom stereocenters. The van der Waals surface area contributed by atoms with Gasteiger partial charge < -0.3 is 14.8 Å². The summed E-state index contributed by atoms with van der Waals surface area (Å²) in [6, 6.07) is 3.24. The van der Waals surface area contributed by atoms with E-state index in [0.717, 1.165) is 0 Å². The third-order valence-electron chi connectivity index (χ3n) is 2.79. The van der Waals surface area contributed by atoms with Crippen molar-refractivity contribution in [2.24, 2.45) is 0 Å². The van der Waals surface area contributed by atoms with Crippen molar-refractivity contribution in [1.82, 2.24) is 5.32 Å². The van der Waals surface area contributed by atoms with Crippen LogP contribution >= 0.6 is 0 Å². The van der Waals surface area contributed by atoms with Gasteiger partial charge in [0.25, 0.3) is 0 Å². The van der Waals surface area contributed by atoms with Gasteiger partial charge in [-0.2, -0.15) is 13.2 Å². The van der Waals surface area contributed by atoms with Crippen LogP contribution < -0.4 is 10.1 Å². The summed E-state index contributed by atoms with van der Waals surface area (Å²) in [4.78, 5) is 11.6. The van der Waals surface area contributed by atoms with E-state index in [-0.39, 0.29) is 5.56 Å². The normalized spacial score (nSPS) is 14.5. The Labute approximate surface area is 114 Å². The molecule has 0 aliphatic rings. The van der Waals surface area contributed by atoms with Crippen LogP contribution in [0.3, 0.4) is 0 Å². The summed E-state index contributed by atoms with van der Waals surface area (Å²) in [5, 5.41) is 1.93.